The van der Waals surface area contributed by atoms with Crippen LogP contribution in [0.4, 0.5) is 0 Å². The van der Waals surface area contributed by atoms with Gasteiger partial charge in [0.15, 0.2) is 11.3 Å². The summed E-state index contributed by atoms with van der Waals surface area (Å²) in [6.07, 6.45) is 0. The summed E-state index contributed by atoms with van der Waals surface area (Å²) in [6.45, 7) is 0. The molecule has 0 saturated heterocycles. The minimum absolute atomic E-state index is 0.0166. The van der Waals surface area contributed by atoms with Gasteiger partial charge in [-0.25, -0.2) is 9.59 Å². The summed E-state index contributed by atoms with van der Waals surface area (Å²) >= 11 is 0.901. The molecule has 0 bridgehead atoms. The number of pyridine rings is 1. The molecular weight excluding hydrogens is 454 g/mol. The molecule has 1 N–H and O–H groups in total. The number of hydrogen-bond acceptors (Lipinski definition) is 7. The van der Waals surface area contributed by atoms with Gasteiger partial charge in [0.05, 0.1) is 18.2 Å². The number of esters is 1. The van der Waals surface area contributed by atoms with Crippen molar-refractivity contribution in [1.82, 2.24) is 4.57 Å². The van der Waals surface area contributed by atoms with E-state index in [1.807, 2.05) is 6.07 Å². The van der Waals surface area contributed by atoms with Crippen LogP contribution >= 0.6 is 11.8 Å². The van der Waals surface area contributed by atoms with Crippen LogP contribution in [0, 0.1) is 0 Å². The molecule has 0 unspecified atom stereocenters. The molecule has 0 radical (unpaired) electrons. The monoisotopic (exact) mass is 471 g/mol. The number of rotatable bonds is 4. The summed E-state index contributed by atoms with van der Waals surface area (Å²) < 4.78 is 11.8. The highest BCUT2D eigenvalue weighted by Gasteiger charge is 2.23. The largest absolute Gasteiger partial charge is 0.505 e. The van der Waals surface area contributed by atoms with Gasteiger partial charge in [-0.2, -0.15) is 0 Å². The van der Waals surface area contributed by atoms with Crippen molar-refractivity contribution in [3.8, 4) is 11.4 Å². The second-order valence-corrected chi connectivity index (χ2v) is 8.47. The van der Waals surface area contributed by atoms with Gasteiger partial charge in [0.2, 0.25) is 0 Å². The molecule has 7 nitrogen and oxygen atoms in total. The highest BCUT2D eigenvalue weighted by Crippen LogP contribution is 2.37. The van der Waals surface area contributed by atoms with E-state index in [-0.39, 0.29) is 21.4 Å². The van der Waals surface area contributed by atoms with Gasteiger partial charge >= 0.3 is 11.6 Å². The van der Waals surface area contributed by atoms with Crippen molar-refractivity contribution in [3.05, 3.63) is 105 Å². The lowest BCUT2D eigenvalue weighted by Gasteiger charge is -2.14. The number of fused-ring (bicyclic) bond motifs is 3. The van der Waals surface area contributed by atoms with Crippen LogP contribution in [0.5, 0.6) is 5.75 Å². The molecule has 0 saturated carbocycles. The maximum absolute atomic E-state index is 13.6. The van der Waals surface area contributed by atoms with Crippen molar-refractivity contribution in [1.29, 1.82) is 0 Å². The molecule has 0 fully saturated rings. The highest BCUT2D eigenvalue weighted by molar-refractivity contribution is 7.99. The molecule has 0 spiro atoms. The van der Waals surface area contributed by atoms with Gasteiger partial charge in [0, 0.05) is 16.0 Å². The number of aromatic nitrogens is 1. The van der Waals surface area contributed by atoms with E-state index in [1.165, 1.54) is 17.7 Å². The average molecular weight is 471 g/mol. The summed E-state index contributed by atoms with van der Waals surface area (Å²) in [5.74, 6) is -1.01. The topological polar surface area (TPSA) is 98.7 Å². The second kappa shape index (κ2) is 8.57. The summed E-state index contributed by atoms with van der Waals surface area (Å²) in [7, 11) is 1.27. The van der Waals surface area contributed by atoms with Gasteiger partial charge in [-0.1, -0.05) is 48.2 Å². The highest BCUT2D eigenvalue weighted by atomic mass is 32.2. The number of methoxy groups -OCH3 is 1. The van der Waals surface area contributed by atoms with E-state index in [2.05, 4.69) is 0 Å². The van der Waals surface area contributed by atoms with Gasteiger partial charge < -0.3 is 14.3 Å². The molecule has 34 heavy (non-hydrogen) atoms. The fourth-order valence-corrected chi connectivity index (χ4v) is 4.72. The first-order chi connectivity index (χ1) is 16.5. The van der Waals surface area contributed by atoms with Crippen LogP contribution < -0.4 is 11.2 Å². The molecule has 0 aliphatic carbocycles. The lowest BCUT2D eigenvalue weighted by molar-refractivity contribution is 0.0600. The van der Waals surface area contributed by atoms with Crippen molar-refractivity contribution >= 4 is 39.6 Å². The van der Waals surface area contributed by atoms with E-state index < -0.39 is 22.9 Å². The smallest absolute Gasteiger partial charge is 0.354 e. The predicted octanol–water partition coefficient (Wildman–Crippen LogP) is 4.74. The Labute approximate surface area is 196 Å². The van der Waals surface area contributed by atoms with E-state index in [1.54, 1.807) is 66.7 Å². The molecule has 0 aliphatic rings. The van der Waals surface area contributed by atoms with Crippen LogP contribution in [0.2, 0.25) is 0 Å². The third-order valence-corrected chi connectivity index (χ3v) is 6.41. The number of hydrogen-bond donors (Lipinski definition) is 1. The predicted molar refractivity (Wildman–Crippen MR) is 129 cm³/mol. The Morgan fingerprint density at radius 2 is 1.71 bits per heavy atom. The van der Waals surface area contributed by atoms with Crippen molar-refractivity contribution in [2.24, 2.45) is 0 Å². The van der Waals surface area contributed by atoms with Gasteiger partial charge in [0.1, 0.15) is 10.3 Å². The van der Waals surface area contributed by atoms with Gasteiger partial charge in [0.25, 0.3) is 5.56 Å². The Morgan fingerprint density at radius 3 is 2.47 bits per heavy atom. The molecule has 0 amide bonds. The summed E-state index contributed by atoms with van der Waals surface area (Å²) in [6, 6.07) is 22.4. The SMILES string of the molecule is COC(=O)c1cccc(Sc2c(O)c3c(=O)n(-c4ccccc4)c4ccccc4c3oc2=O)c1. The first-order valence-corrected chi connectivity index (χ1v) is 11.1. The lowest BCUT2D eigenvalue weighted by Crippen LogP contribution is -2.20. The molecule has 0 atom stereocenters. The summed E-state index contributed by atoms with van der Waals surface area (Å²) in [4.78, 5) is 38.7. The van der Waals surface area contributed by atoms with E-state index >= 15 is 0 Å². The minimum Gasteiger partial charge on any atom is -0.505 e. The summed E-state index contributed by atoms with van der Waals surface area (Å²) in [5, 5.41) is 11.6. The quantitative estimate of drug-likeness (QED) is 0.299. The van der Waals surface area contributed by atoms with Crippen LogP contribution in [0.25, 0.3) is 27.6 Å². The van der Waals surface area contributed by atoms with E-state index in [0.29, 0.717) is 21.5 Å². The zero-order valence-electron chi connectivity index (χ0n) is 17.8. The van der Waals surface area contributed by atoms with Crippen molar-refractivity contribution in [2.45, 2.75) is 9.79 Å². The Kier molecular flexibility index (Phi) is 5.43. The Balaban J connectivity index is 1.78. The molecule has 0 aliphatic heterocycles. The molecule has 3 aromatic carbocycles. The van der Waals surface area contributed by atoms with Crippen LogP contribution in [-0.2, 0) is 4.74 Å². The van der Waals surface area contributed by atoms with Gasteiger partial charge in [-0.05, 0) is 42.5 Å². The van der Waals surface area contributed by atoms with Crippen molar-refractivity contribution < 1.29 is 19.1 Å². The van der Waals surface area contributed by atoms with E-state index in [9.17, 15) is 19.5 Å². The zero-order valence-corrected chi connectivity index (χ0v) is 18.7. The molecule has 2 aromatic heterocycles. The fourth-order valence-electron chi connectivity index (χ4n) is 3.82. The molecule has 8 heteroatoms. The Bertz CT molecular complexity index is 1690. The number of ether oxygens (including phenoxy) is 1. The van der Waals surface area contributed by atoms with Gasteiger partial charge in [-0.3, -0.25) is 9.36 Å². The van der Waals surface area contributed by atoms with E-state index in [4.69, 9.17) is 9.15 Å². The molecule has 168 valence electrons. The zero-order chi connectivity index (χ0) is 23.8. The van der Waals surface area contributed by atoms with Crippen molar-refractivity contribution in [2.75, 3.05) is 7.11 Å². The first kappa shape index (κ1) is 21.5. The average Bonchev–Trinajstić information content (AvgIpc) is 2.86. The maximum Gasteiger partial charge on any atom is 0.354 e. The van der Waals surface area contributed by atoms with Crippen molar-refractivity contribution in [3.63, 3.8) is 0 Å². The lowest BCUT2D eigenvalue weighted by atomic mass is 10.1. The normalized spacial score (nSPS) is 11.1. The molecular formula is C26H17NO6S. The third kappa shape index (κ3) is 3.54. The van der Waals surface area contributed by atoms with E-state index in [0.717, 1.165) is 11.8 Å². The number of carbonyl (C=O) groups is 1. The third-order valence-electron chi connectivity index (χ3n) is 5.36. The number of para-hydroxylation sites is 2. The molecule has 2 heterocycles. The minimum atomic E-state index is -0.791. The van der Waals surface area contributed by atoms with Gasteiger partial charge in [-0.15, -0.1) is 0 Å². The second-order valence-electron chi connectivity index (χ2n) is 7.39. The van der Waals surface area contributed by atoms with Crippen LogP contribution in [0.15, 0.2) is 103 Å². The summed E-state index contributed by atoms with van der Waals surface area (Å²) in [5.41, 5.74) is 0.139. The Hall–Kier alpha value is -4.30. The fraction of sp³-hybridized carbons (Fsp3) is 0.0385. The van der Waals surface area contributed by atoms with Crippen LogP contribution in [-0.4, -0.2) is 22.8 Å². The van der Waals surface area contributed by atoms with Crippen LogP contribution in [0.3, 0.4) is 0 Å². The number of carbonyl (C=O) groups excluding carboxylic acids is 1. The maximum atomic E-state index is 13.6. The molecule has 5 aromatic rings. The standard InChI is InChI=1S/C26H17NO6S/c1-32-25(30)15-8-7-11-17(14-15)34-23-21(28)20-22(33-26(23)31)18-12-5-6-13-19(18)27(24(20)29)16-9-3-2-4-10-16/h2-14,28H,1H3. The molecule has 5 rings (SSSR count). The van der Waals surface area contributed by atoms with Crippen LogP contribution in [0.1, 0.15) is 10.4 Å². The number of benzene rings is 3. The first-order valence-electron chi connectivity index (χ1n) is 10.2. The number of aromatic hydroxyl groups is 1. The number of nitrogens with zero attached hydrogens (tertiary/aromatic N) is 1. The Morgan fingerprint density at radius 1 is 0.971 bits per heavy atom.